The summed E-state index contributed by atoms with van der Waals surface area (Å²) in [4.78, 5) is 11.5. The van der Waals surface area contributed by atoms with Gasteiger partial charge in [0.1, 0.15) is 0 Å². The fraction of sp³-hybridized carbons (Fsp3) is 0.188. The van der Waals surface area contributed by atoms with Crippen molar-refractivity contribution in [1.82, 2.24) is 0 Å². The van der Waals surface area contributed by atoms with Gasteiger partial charge < -0.3 is 0 Å². The van der Waals surface area contributed by atoms with Crippen LogP contribution in [-0.2, 0) is 5.67 Å². The average Bonchev–Trinajstić information content (AvgIpc) is 2.88. The minimum absolute atomic E-state index is 0.650. The maximum atomic E-state index is 15.4. The van der Waals surface area contributed by atoms with E-state index in [0.717, 1.165) is 0 Å². The molecule has 3 rings (SSSR count). The number of halogens is 13. The SMILES string of the molecule is O=c1cc(F)c(F)c2c(c1F)C(F)(C(F)(F)C(F)(F)F)c1c(F)c(F)c(F)c(F)c1-2. The van der Waals surface area contributed by atoms with Gasteiger partial charge in [-0.2, -0.15) is 22.0 Å². The second-order valence-corrected chi connectivity index (χ2v) is 5.97. The van der Waals surface area contributed by atoms with Gasteiger partial charge in [0, 0.05) is 17.2 Å². The number of hydrogen-bond acceptors (Lipinski definition) is 1. The summed E-state index contributed by atoms with van der Waals surface area (Å²) < 4.78 is 180. The summed E-state index contributed by atoms with van der Waals surface area (Å²) >= 11 is 0. The van der Waals surface area contributed by atoms with Gasteiger partial charge in [0.25, 0.3) is 0 Å². The van der Waals surface area contributed by atoms with Crippen molar-refractivity contribution in [3.63, 3.8) is 0 Å². The molecular formula is C16HF13O. The molecule has 0 heterocycles. The van der Waals surface area contributed by atoms with E-state index in [-0.39, 0.29) is 0 Å². The Bertz CT molecular complexity index is 1170. The van der Waals surface area contributed by atoms with E-state index < -0.39 is 92.2 Å². The third-order valence-electron chi connectivity index (χ3n) is 4.37. The Kier molecular flexibility index (Phi) is 4.46. The summed E-state index contributed by atoms with van der Waals surface area (Å²) in [5.74, 6) is -27.5. The second kappa shape index (κ2) is 6.11. The molecule has 1 aliphatic rings. The molecule has 30 heavy (non-hydrogen) atoms. The lowest BCUT2D eigenvalue weighted by Crippen LogP contribution is -2.53. The molecule has 1 atom stereocenters. The maximum Gasteiger partial charge on any atom is 0.457 e. The molecule has 0 saturated heterocycles. The van der Waals surface area contributed by atoms with E-state index in [2.05, 4.69) is 0 Å². The minimum atomic E-state index is -7.05. The molecule has 0 spiro atoms. The lowest BCUT2D eigenvalue weighted by atomic mass is 9.85. The van der Waals surface area contributed by atoms with Crippen molar-refractivity contribution in [2.24, 2.45) is 0 Å². The molecular weight excluding hydrogens is 455 g/mol. The lowest BCUT2D eigenvalue weighted by molar-refractivity contribution is -0.323. The van der Waals surface area contributed by atoms with Crippen LogP contribution < -0.4 is 5.43 Å². The highest BCUT2D eigenvalue weighted by Crippen LogP contribution is 2.63. The lowest BCUT2D eigenvalue weighted by Gasteiger charge is -2.33. The maximum absolute atomic E-state index is 15.4. The summed E-state index contributed by atoms with van der Waals surface area (Å²) in [7, 11) is 0. The zero-order valence-electron chi connectivity index (χ0n) is 13.4. The minimum Gasteiger partial charge on any atom is -0.287 e. The molecule has 2 aromatic carbocycles. The molecule has 0 saturated carbocycles. The van der Waals surface area contributed by atoms with Crippen molar-refractivity contribution in [1.29, 1.82) is 0 Å². The van der Waals surface area contributed by atoms with Crippen LogP contribution in [0.15, 0.2) is 10.9 Å². The number of rotatable bonds is 1. The van der Waals surface area contributed by atoms with Gasteiger partial charge in [-0.05, 0) is 0 Å². The molecule has 1 aliphatic carbocycles. The van der Waals surface area contributed by atoms with Crippen LogP contribution in [0.5, 0.6) is 0 Å². The molecule has 162 valence electrons. The Hall–Kier alpha value is -2.80. The van der Waals surface area contributed by atoms with Gasteiger partial charge >= 0.3 is 12.1 Å². The fourth-order valence-corrected chi connectivity index (χ4v) is 3.09. The molecule has 0 aliphatic heterocycles. The van der Waals surface area contributed by atoms with Crippen LogP contribution in [0.4, 0.5) is 57.1 Å². The number of benzene rings is 1. The molecule has 1 unspecified atom stereocenters. The molecule has 0 N–H and O–H groups in total. The van der Waals surface area contributed by atoms with Gasteiger partial charge in [0.2, 0.25) is 11.1 Å². The Balaban J connectivity index is 2.79. The molecule has 0 fully saturated rings. The van der Waals surface area contributed by atoms with E-state index in [4.69, 9.17) is 0 Å². The van der Waals surface area contributed by atoms with Crippen LogP contribution in [-0.4, -0.2) is 12.1 Å². The zero-order chi connectivity index (χ0) is 23.1. The largest absolute Gasteiger partial charge is 0.457 e. The van der Waals surface area contributed by atoms with Gasteiger partial charge in [-0.15, -0.1) is 0 Å². The van der Waals surface area contributed by atoms with Crippen molar-refractivity contribution in [2.45, 2.75) is 17.8 Å². The quantitative estimate of drug-likeness (QED) is 0.319. The van der Waals surface area contributed by atoms with E-state index in [1.165, 1.54) is 0 Å². The summed E-state index contributed by atoms with van der Waals surface area (Å²) in [6, 6.07) is -0.650. The van der Waals surface area contributed by atoms with Crippen molar-refractivity contribution in [3.8, 4) is 11.1 Å². The first-order valence-corrected chi connectivity index (χ1v) is 7.24. The molecule has 2 aromatic rings. The summed E-state index contributed by atoms with van der Waals surface area (Å²) in [6.45, 7) is 0. The van der Waals surface area contributed by atoms with E-state index >= 15 is 4.39 Å². The van der Waals surface area contributed by atoms with Crippen LogP contribution in [0.2, 0.25) is 0 Å². The fourth-order valence-electron chi connectivity index (χ4n) is 3.09. The van der Waals surface area contributed by atoms with Gasteiger partial charge in [0.05, 0.1) is 11.1 Å². The first-order chi connectivity index (χ1) is 13.5. The third kappa shape index (κ3) is 2.35. The van der Waals surface area contributed by atoms with Crippen molar-refractivity contribution < 1.29 is 57.1 Å². The van der Waals surface area contributed by atoms with E-state index in [9.17, 15) is 57.5 Å². The van der Waals surface area contributed by atoms with Crippen LogP contribution in [0.1, 0.15) is 11.1 Å². The smallest absolute Gasteiger partial charge is 0.287 e. The van der Waals surface area contributed by atoms with Gasteiger partial charge in [0.15, 0.2) is 40.7 Å². The zero-order valence-corrected chi connectivity index (χ0v) is 13.4. The average molecular weight is 456 g/mol. The Labute approximate surface area is 155 Å². The predicted molar refractivity (Wildman–Crippen MR) is 70.7 cm³/mol. The van der Waals surface area contributed by atoms with Gasteiger partial charge in [-0.25, -0.2) is 35.1 Å². The Morgan fingerprint density at radius 3 is 1.57 bits per heavy atom. The monoisotopic (exact) mass is 456 g/mol. The topological polar surface area (TPSA) is 17.1 Å². The highest BCUT2D eigenvalue weighted by atomic mass is 19.4. The Morgan fingerprint density at radius 1 is 0.633 bits per heavy atom. The molecule has 14 heteroatoms. The van der Waals surface area contributed by atoms with E-state index in [1.807, 2.05) is 0 Å². The van der Waals surface area contributed by atoms with Gasteiger partial charge in [-0.3, -0.25) is 4.79 Å². The van der Waals surface area contributed by atoms with Crippen LogP contribution in [0.3, 0.4) is 0 Å². The van der Waals surface area contributed by atoms with Crippen LogP contribution in [0.25, 0.3) is 11.1 Å². The summed E-state index contributed by atoms with van der Waals surface area (Å²) in [6.07, 6.45) is -7.05. The first-order valence-electron chi connectivity index (χ1n) is 7.24. The van der Waals surface area contributed by atoms with E-state index in [0.29, 0.717) is 0 Å². The van der Waals surface area contributed by atoms with Crippen LogP contribution >= 0.6 is 0 Å². The summed E-state index contributed by atoms with van der Waals surface area (Å²) in [5.41, 5.74) is -19.5. The first kappa shape index (κ1) is 21.9. The summed E-state index contributed by atoms with van der Waals surface area (Å²) in [5, 5.41) is 0. The Morgan fingerprint density at radius 2 is 1.07 bits per heavy atom. The van der Waals surface area contributed by atoms with Crippen molar-refractivity contribution in [3.05, 3.63) is 68.1 Å². The molecule has 0 amide bonds. The van der Waals surface area contributed by atoms with E-state index in [1.54, 1.807) is 0 Å². The van der Waals surface area contributed by atoms with Gasteiger partial charge in [-0.1, -0.05) is 0 Å². The number of fused-ring (bicyclic) bond motifs is 3. The molecule has 0 bridgehead atoms. The predicted octanol–water partition coefficient (Wildman–Crippen LogP) is 5.41. The number of alkyl halides is 6. The van der Waals surface area contributed by atoms with Crippen molar-refractivity contribution in [2.75, 3.05) is 0 Å². The standard InChI is InChI=1S/C16HF13O/c17-2-1-3(30)9(19)6-4(8(2)18)5-7(11(21)13(23)12(22)10(5)20)14(6,24)15(25,26)16(27,28)29/h1H. The highest BCUT2D eigenvalue weighted by molar-refractivity contribution is 5.82. The molecule has 0 radical (unpaired) electrons. The second-order valence-electron chi connectivity index (χ2n) is 5.97. The molecule has 0 aromatic heterocycles. The normalized spacial score (nSPS) is 18.4. The number of hydrogen-bond donors (Lipinski definition) is 0. The third-order valence-corrected chi connectivity index (χ3v) is 4.37. The van der Waals surface area contributed by atoms with Crippen LogP contribution in [0, 0.1) is 40.7 Å². The van der Waals surface area contributed by atoms with Crippen molar-refractivity contribution >= 4 is 0 Å². The highest BCUT2D eigenvalue weighted by Gasteiger charge is 2.77. The molecule has 1 nitrogen and oxygen atoms in total.